The van der Waals surface area contributed by atoms with Crippen molar-refractivity contribution < 1.29 is 19.4 Å². The van der Waals surface area contributed by atoms with Crippen LogP contribution in [0.5, 0.6) is 0 Å². The van der Waals surface area contributed by atoms with Gasteiger partial charge in [0, 0.05) is 11.3 Å². The highest BCUT2D eigenvalue weighted by molar-refractivity contribution is 5.95. The highest BCUT2D eigenvalue weighted by Crippen LogP contribution is 2.21. The molecule has 1 aromatic heterocycles. The number of nitrogens with zero attached hydrogens (tertiary/aromatic N) is 2. The van der Waals surface area contributed by atoms with Gasteiger partial charge < -0.3 is 20.5 Å². The number of benzene rings is 1. The highest BCUT2D eigenvalue weighted by atomic mass is 16.6. The van der Waals surface area contributed by atoms with Gasteiger partial charge in [-0.3, -0.25) is 15.1 Å². The fraction of sp³-hybridized carbons (Fsp3) is 0.500. The monoisotopic (exact) mass is 455 g/mol. The van der Waals surface area contributed by atoms with E-state index >= 15 is 0 Å². The van der Waals surface area contributed by atoms with Crippen LogP contribution in [0.3, 0.4) is 0 Å². The maximum absolute atomic E-state index is 12.7. The zero-order valence-electron chi connectivity index (χ0n) is 19.6. The number of anilines is 2. The molecule has 0 aliphatic heterocycles. The molecule has 2 aromatic rings. The van der Waals surface area contributed by atoms with E-state index in [4.69, 9.17) is 4.74 Å². The Hall–Kier alpha value is -3.20. The average Bonchev–Trinajstić information content (AvgIpc) is 2.74. The standard InChI is InChI=1S/C24H33N5O4/c1-15-9-10-16(22(31)28-18-7-5-6-8-20(18)30)11-19(15)26-12-17-13-27-21(14-25-17)29-23(32)33-24(2,3)4/h9-11,13-14,18,20,26,30H,5-8,12H2,1-4H3,(H,28,31)(H,27,29,32)/t18-,20-/m0/s1. The molecule has 1 aliphatic rings. The molecule has 0 unspecified atom stereocenters. The van der Waals surface area contributed by atoms with Crippen molar-refractivity contribution in [1.29, 1.82) is 0 Å². The van der Waals surface area contributed by atoms with Crippen molar-refractivity contribution in [2.75, 3.05) is 10.6 Å². The maximum Gasteiger partial charge on any atom is 0.413 e. The van der Waals surface area contributed by atoms with Gasteiger partial charge in [0.2, 0.25) is 0 Å². The number of nitrogens with one attached hydrogen (secondary N) is 3. The molecule has 0 radical (unpaired) electrons. The first-order valence-electron chi connectivity index (χ1n) is 11.2. The summed E-state index contributed by atoms with van der Waals surface area (Å²) in [6.45, 7) is 7.70. The van der Waals surface area contributed by atoms with Crippen LogP contribution in [0.1, 0.15) is 68.1 Å². The van der Waals surface area contributed by atoms with Crippen LogP contribution < -0.4 is 16.0 Å². The number of aryl methyl sites for hydroxylation is 1. The van der Waals surface area contributed by atoms with E-state index in [0.29, 0.717) is 23.6 Å². The van der Waals surface area contributed by atoms with E-state index in [-0.39, 0.29) is 11.9 Å². The van der Waals surface area contributed by atoms with Gasteiger partial charge in [-0.25, -0.2) is 9.78 Å². The largest absolute Gasteiger partial charge is 0.444 e. The van der Waals surface area contributed by atoms with Gasteiger partial charge in [0.05, 0.1) is 36.8 Å². The molecule has 178 valence electrons. The third-order valence-corrected chi connectivity index (χ3v) is 5.34. The smallest absolute Gasteiger partial charge is 0.413 e. The van der Waals surface area contributed by atoms with E-state index in [1.54, 1.807) is 39.1 Å². The van der Waals surface area contributed by atoms with Gasteiger partial charge in [-0.05, 0) is 58.2 Å². The number of rotatable bonds is 6. The number of aromatic nitrogens is 2. The van der Waals surface area contributed by atoms with Gasteiger partial charge in [-0.1, -0.05) is 18.9 Å². The van der Waals surface area contributed by atoms with E-state index in [0.717, 1.165) is 36.9 Å². The molecule has 4 N–H and O–H groups in total. The Balaban J connectivity index is 1.57. The van der Waals surface area contributed by atoms with Crippen LogP contribution in [-0.2, 0) is 11.3 Å². The van der Waals surface area contributed by atoms with Crippen molar-refractivity contribution in [3.63, 3.8) is 0 Å². The van der Waals surface area contributed by atoms with Crippen LogP contribution >= 0.6 is 0 Å². The summed E-state index contributed by atoms with van der Waals surface area (Å²) in [6.07, 6.45) is 5.47. The summed E-state index contributed by atoms with van der Waals surface area (Å²) in [6, 6.07) is 5.26. The minimum atomic E-state index is -0.596. The second kappa shape index (κ2) is 10.6. The Bertz CT molecular complexity index is 972. The normalized spacial score (nSPS) is 18.3. The van der Waals surface area contributed by atoms with E-state index in [1.807, 2.05) is 13.0 Å². The molecule has 0 spiro atoms. The first-order chi connectivity index (χ1) is 15.6. The van der Waals surface area contributed by atoms with Crippen LogP contribution in [-0.4, -0.2) is 44.8 Å². The van der Waals surface area contributed by atoms with Gasteiger partial charge >= 0.3 is 6.09 Å². The predicted octanol–water partition coefficient (Wildman–Crippen LogP) is 3.78. The summed E-state index contributed by atoms with van der Waals surface area (Å²) in [5.74, 6) is 0.106. The Kier molecular flexibility index (Phi) is 7.86. The molecular formula is C24H33N5O4. The average molecular weight is 456 g/mol. The number of hydrogen-bond donors (Lipinski definition) is 4. The topological polar surface area (TPSA) is 125 Å². The van der Waals surface area contributed by atoms with Crippen molar-refractivity contribution in [3.05, 3.63) is 47.4 Å². The SMILES string of the molecule is Cc1ccc(C(=O)N[C@H]2CCCC[C@@H]2O)cc1NCc1cnc(NC(=O)OC(C)(C)C)cn1. The van der Waals surface area contributed by atoms with Gasteiger partial charge in [0.15, 0.2) is 5.82 Å². The number of aliphatic hydroxyl groups excluding tert-OH is 1. The number of carbonyl (C=O) groups is 2. The molecule has 0 bridgehead atoms. The quantitative estimate of drug-likeness (QED) is 0.522. The Morgan fingerprint density at radius 1 is 1.15 bits per heavy atom. The van der Waals surface area contributed by atoms with Crippen molar-refractivity contribution >= 4 is 23.5 Å². The minimum Gasteiger partial charge on any atom is -0.444 e. The highest BCUT2D eigenvalue weighted by Gasteiger charge is 2.25. The van der Waals surface area contributed by atoms with E-state index in [2.05, 4.69) is 25.9 Å². The molecule has 1 aromatic carbocycles. The molecule has 2 amide bonds. The van der Waals surface area contributed by atoms with E-state index in [9.17, 15) is 14.7 Å². The van der Waals surface area contributed by atoms with E-state index < -0.39 is 17.8 Å². The lowest BCUT2D eigenvalue weighted by molar-refractivity contribution is 0.0635. The van der Waals surface area contributed by atoms with Gasteiger partial charge in [-0.15, -0.1) is 0 Å². The molecule has 2 atom stereocenters. The van der Waals surface area contributed by atoms with Crippen LogP contribution in [0.25, 0.3) is 0 Å². The van der Waals surface area contributed by atoms with Gasteiger partial charge in [0.1, 0.15) is 5.60 Å². The van der Waals surface area contributed by atoms with Crippen LogP contribution in [0.15, 0.2) is 30.6 Å². The summed E-state index contributed by atoms with van der Waals surface area (Å²) in [5, 5.41) is 18.9. The Labute approximate surface area is 194 Å². The molecular weight excluding hydrogens is 422 g/mol. The summed E-state index contributed by atoms with van der Waals surface area (Å²) in [5.41, 5.74) is 2.40. The predicted molar refractivity (Wildman–Crippen MR) is 126 cm³/mol. The molecule has 1 saturated carbocycles. The molecule has 9 heteroatoms. The first kappa shape index (κ1) is 24.4. The van der Waals surface area contributed by atoms with E-state index in [1.165, 1.54) is 6.20 Å². The molecule has 33 heavy (non-hydrogen) atoms. The molecule has 1 aliphatic carbocycles. The number of carbonyl (C=O) groups excluding carboxylic acids is 2. The lowest BCUT2D eigenvalue weighted by Crippen LogP contribution is -2.45. The van der Waals surface area contributed by atoms with Crippen molar-refractivity contribution in [1.82, 2.24) is 15.3 Å². The third-order valence-electron chi connectivity index (χ3n) is 5.34. The zero-order chi connectivity index (χ0) is 24.0. The Morgan fingerprint density at radius 3 is 2.58 bits per heavy atom. The molecule has 1 fully saturated rings. The zero-order valence-corrected chi connectivity index (χ0v) is 19.6. The molecule has 3 rings (SSSR count). The number of hydrogen-bond acceptors (Lipinski definition) is 7. The number of aliphatic hydroxyl groups is 1. The molecule has 1 heterocycles. The van der Waals surface area contributed by atoms with Crippen molar-refractivity contribution in [3.8, 4) is 0 Å². The molecule has 9 nitrogen and oxygen atoms in total. The first-order valence-corrected chi connectivity index (χ1v) is 11.2. The lowest BCUT2D eigenvalue weighted by atomic mass is 9.92. The van der Waals surface area contributed by atoms with Crippen LogP contribution in [0.2, 0.25) is 0 Å². The third kappa shape index (κ3) is 7.42. The van der Waals surface area contributed by atoms with Gasteiger partial charge in [-0.2, -0.15) is 0 Å². The summed E-state index contributed by atoms with van der Waals surface area (Å²) in [7, 11) is 0. The number of ether oxygens (including phenoxy) is 1. The lowest BCUT2D eigenvalue weighted by Gasteiger charge is -2.28. The van der Waals surface area contributed by atoms with Gasteiger partial charge in [0.25, 0.3) is 5.91 Å². The Morgan fingerprint density at radius 2 is 1.91 bits per heavy atom. The van der Waals surface area contributed by atoms with Crippen molar-refractivity contribution in [2.45, 2.75) is 77.7 Å². The maximum atomic E-state index is 12.7. The fourth-order valence-electron chi connectivity index (χ4n) is 3.59. The molecule has 0 saturated heterocycles. The summed E-state index contributed by atoms with van der Waals surface area (Å²) < 4.78 is 5.20. The summed E-state index contributed by atoms with van der Waals surface area (Å²) >= 11 is 0. The fourth-order valence-corrected chi connectivity index (χ4v) is 3.59. The summed E-state index contributed by atoms with van der Waals surface area (Å²) in [4.78, 5) is 33.0. The van der Waals surface area contributed by atoms with Crippen LogP contribution in [0.4, 0.5) is 16.3 Å². The second-order valence-electron chi connectivity index (χ2n) is 9.33. The number of amides is 2. The van der Waals surface area contributed by atoms with Crippen molar-refractivity contribution in [2.24, 2.45) is 0 Å². The minimum absolute atomic E-state index is 0.193. The second-order valence-corrected chi connectivity index (χ2v) is 9.33. The van der Waals surface area contributed by atoms with Crippen LogP contribution in [0, 0.1) is 6.92 Å².